The van der Waals surface area contributed by atoms with Crippen LogP contribution >= 0.6 is 0 Å². The molecule has 0 aliphatic carbocycles. The highest BCUT2D eigenvalue weighted by molar-refractivity contribution is 5.32. The molecule has 0 spiro atoms. The predicted octanol–water partition coefficient (Wildman–Crippen LogP) is 1.07. The van der Waals surface area contributed by atoms with Gasteiger partial charge in [0, 0.05) is 31.2 Å². The van der Waals surface area contributed by atoms with E-state index in [1.807, 2.05) is 0 Å². The van der Waals surface area contributed by atoms with Crippen LogP contribution in [0.3, 0.4) is 0 Å². The van der Waals surface area contributed by atoms with Gasteiger partial charge in [-0.05, 0) is 18.2 Å². The third-order valence-corrected chi connectivity index (χ3v) is 2.62. The summed E-state index contributed by atoms with van der Waals surface area (Å²) in [5.41, 5.74) is 0.668. The van der Waals surface area contributed by atoms with Crippen molar-refractivity contribution in [3.8, 4) is 5.75 Å². The molecule has 0 aromatic heterocycles. The van der Waals surface area contributed by atoms with Gasteiger partial charge in [0.1, 0.15) is 11.6 Å². The lowest BCUT2D eigenvalue weighted by Gasteiger charge is -2.25. The van der Waals surface area contributed by atoms with Crippen LogP contribution in [0, 0.1) is 5.82 Å². The molecule has 1 heterocycles. The van der Waals surface area contributed by atoms with E-state index in [9.17, 15) is 4.39 Å². The highest BCUT2D eigenvalue weighted by Crippen LogP contribution is 2.22. The first-order valence-corrected chi connectivity index (χ1v) is 5.09. The molecule has 1 fully saturated rings. The molecule has 15 heavy (non-hydrogen) atoms. The first kappa shape index (κ1) is 10.4. The molecule has 2 N–H and O–H groups in total. The zero-order chi connectivity index (χ0) is 10.7. The van der Waals surface area contributed by atoms with E-state index in [-0.39, 0.29) is 11.9 Å². The average Bonchev–Trinajstić information content (AvgIpc) is 2.31. The lowest BCUT2D eigenvalue weighted by atomic mass is 10.0. The third kappa shape index (κ3) is 2.27. The molecule has 1 aromatic carbocycles. The Balaban J connectivity index is 2.24. The van der Waals surface area contributed by atoms with Crippen LogP contribution in [-0.2, 0) is 0 Å². The van der Waals surface area contributed by atoms with Crippen LogP contribution in [0.15, 0.2) is 18.2 Å². The van der Waals surface area contributed by atoms with Crippen molar-refractivity contribution in [2.75, 3.05) is 26.7 Å². The summed E-state index contributed by atoms with van der Waals surface area (Å²) in [6.45, 7) is 2.55. The van der Waals surface area contributed by atoms with E-state index in [0.29, 0.717) is 11.3 Å². The highest BCUT2D eigenvalue weighted by Gasteiger charge is 2.18. The lowest BCUT2D eigenvalue weighted by molar-refractivity contribution is 0.399. The molecule has 1 atom stereocenters. The second kappa shape index (κ2) is 4.59. The molecule has 0 amide bonds. The Hall–Kier alpha value is -1.13. The average molecular weight is 210 g/mol. The predicted molar refractivity (Wildman–Crippen MR) is 56.6 cm³/mol. The van der Waals surface area contributed by atoms with Crippen LogP contribution in [0.5, 0.6) is 5.75 Å². The van der Waals surface area contributed by atoms with E-state index < -0.39 is 0 Å². The van der Waals surface area contributed by atoms with Crippen molar-refractivity contribution in [3.63, 3.8) is 0 Å². The molecule has 0 unspecified atom stereocenters. The van der Waals surface area contributed by atoms with Crippen molar-refractivity contribution >= 4 is 0 Å². The summed E-state index contributed by atoms with van der Waals surface area (Å²) in [4.78, 5) is 0. The summed E-state index contributed by atoms with van der Waals surface area (Å²) in [6.07, 6.45) is 0. The van der Waals surface area contributed by atoms with Crippen LogP contribution in [0.2, 0.25) is 0 Å². The molecule has 1 saturated heterocycles. The number of nitrogens with one attached hydrogen (secondary N) is 2. The van der Waals surface area contributed by atoms with Crippen molar-refractivity contribution in [2.24, 2.45) is 0 Å². The number of hydrogen-bond acceptors (Lipinski definition) is 3. The normalized spacial score (nSPS) is 21.3. The van der Waals surface area contributed by atoms with Gasteiger partial charge in [0.05, 0.1) is 7.11 Å². The SMILES string of the molecule is COc1ccc(F)c([C@@H]2CNCCN2)c1. The Kier molecular flexibility index (Phi) is 3.18. The molecule has 82 valence electrons. The molecule has 2 rings (SSSR count). The van der Waals surface area contributed by atoms with Gasteiger partial charge in [0.25, 0.3) is 0 Å². The molecule has 0 bridgehead atoms. The van der Waals surface area contributed by atoms with E-state index >= 15 is 0 Å². The zero-order valence-corrected chi connectivity index (χ0v) is 8.72. The Morgan fingerprint density at radius 3 is 2.93 bits per heavy atom. The van der Waals surface area contributed by atoms with Crippen molar-refractivity contribution in [1.29, 1.82) is 0 Å². The minimum absolute atomic E-state index is 0.0360. The fraction of sp³-hybridized carbons (Fsp3) is 0.455. The first-order valence-electron chi connectivity index (χ1n) is 5.09. The smallest absolute Gasteiger partial charge is 0.128 e. The fourth-order valence-electron chi connectivity index (χ4n) is 1.79. The molecule has 0 saturated carbocycles. The summed E-state index contributed by atoms with van der Waals surface area (Å²) < 4.78 is 18.7. The third-order valence-electron chi connectivity index (χ3n) is 2.62. The summed E-state index contributed by atoms with van der Waals surface area (Å²) >= 11 is 0. The van der Waals surface area contributed by atoms with Crippen LogP contribution in [0.1, 0.15) is 11.6 Å². The maximum atomic E-state index is 13.6. The zero-order valence-electron chi connectivity index (χ0n) is 8.72. The van der Waals surface area contributed by atoms with Gasteiger partial charge in [-0.2, -0.15) is 0 Å². The van der Waals surface area contributed by atoms with Crippen molar-refractivity contribution in [3.05, 3.63) is 29.6 Å². The van der Waals surface area contributed by atoms with Gasteiger partial charge in [0.2, 0.25) is 0 Å². The Morgan fingerprint density at radius 2 is 2.27 bits per heavy atom. The second-order valence-electron chi connectivity index (χ2n) is 3.60. The van der Waals surface area contributed by atoms with E-state index in [2.05, 4.69) is 10.6 Å². The summed E-state index contributed by atoms with van der Waals surface area (Å²) in [5.74, 6) is 0.510. The largest absolute Gasteiger partial charge is 0.497 e. The molecule has 0 radical (unpaired) electrons. The molecule has 1 aromatic rings. The molecule has 1 aliphatic heterocycles. The Bertz CT molecular complexity index is 337. The number of methoxy groups -OCH3 is 1. The minimum Gasteiger partial charge on any atom is -0.497 e. The number of halogens is 1. The topological polar surface area (TPSA) is 33.3 Å². The van der Waals surface area contributed by atoms with Gasteiger partial charge in [-0.1, -0.05) is 0 Å². The minimum atomic E-state index is -0.183. The van der Waals surface area contributed by atoms with Gasteiger partial charge in [-0.25, -0.2) is 4.39 Å². The van der Waals surface area contributed by atoms with Crippen LogP contribution in [0.4, 0.5) is 4.39 Å². The molecule has 3 nitrogen and oxygen atoms in total. The number of hydrogen-bond donors (Lipinski definition) is 2. The fourth-order valence-corrected chi connectivity index (χ4v) is 1.79. The molecule has 4 heteroatoms. The van der Waals surface area contributed by atoms with E-state index in [0.717, 1.165) is 19.6 Å². The van der Waals surface area contributed by atoms with Crippen LogP contribution in [0.25, 0.3) is 0 Å². The number of benzene rings is 1. The van der Waals surface area contributed by atoms with Crippen molar-refractivity contribution < 1.29 is 9.13 Å². The highest BCUT2D eigenvalue weighted by atomic mass is 19.1. The number of piperazine rings is 1. The standard InChI is InChI=1S/C11H15FN2O/c1-15-8-2-3-10(12)9(6-8)11-7-13-4-5-14-11/h2-3,6,11,13-14H,4-5,7H2,1H3/t11-/m0/s1. The van der Waals surface area contributed by atoms with Gasteiger partial charge in [-0.15, -0.1) is 0 Å². The second-order valence-corrected chi connectivity index (χ2v) is 3.60. The number of rotatable bonds is 2. The molecular weight excluding hydrogens is 195 g/mol. The van der Waals surface area contributed by atoms with Gasteiger partial charge in [-0.3, -0.25) is 0 Å². The summed E-state index contributed by atoms with van der Waals surface area (Å²) in [5, 5.41) is 6.50. The van der Waals surface area contributed by atoms with Gasteiger partial charge in [0.15, 0.2) is 0 Å². The summed E-state index contributed by atoms with van der Waals surface area (Å²) in [7, 11) is 1.59. The van der Waals surface area contributed by atoms with Crippen LogP contribution < -0.4 is 15.4 Å². The quantitative estimate of drug-likeness (QED) is 0.766. The van der Waals surface area contributed by atoms with Crippen molar-refractivity contribution in [2.45, 2.75) is 6.04 Å². The Morgan fingerprint density at radius 1 is 1.40 bits per heavy atom. The lowest BCUT2D eigenvalue weighted by Crippen LogP contribution is -2.42. The monoisotopic (exact) mass is 210 g/mol. The molecule has 1 aliphatic rings. The maximum absolute atomic E-state index is 13.6. The number of ether oxygens (including phenoxy) is 1. The maximum Gasteiger partial charge on any atom is 0.128 e. The van der Waals surface area contributed by atoms with E-state index in [1.165, 1.54) is 6.07 Å². The first-order chi connectivity index (χ1) is 7.31. The van der Waals surface area contributed by atoms with Gasteiger partial charge < -0.3 is 15.4 Å². The van der Waals surface area contributed by atoms with E-state index in [1.54, 1.807) is 19.2 Å². The van der Waals surface area contributed by atoms with Crippen LogP contribution in [-0.4, -0.2) is 26.7 Å². The van der Waals surface area contributed by atoms with E-state index in [4.69, 9.17) is 4.74 Å². The van der Waals surface area contributed by atoms with Gasteiger partial charge >= 0.3 is 0 Å². The van der Waals surface area contributed by atoms with Crippen molar-refractivity contribution in [1.82, 2.24) is 10.6 Å². The Labute approximate surface area is 88.6 Å². The molecular formula is C11H15FN2O. The summed E-state index contributed by atoms with van der Waals surface area (Å²) in [6, 6.07) is 4.87.